The third kappa shape index (κ3) is 2.83. The number of hydrogen-bond acceptors (Lipinski definition) is 2. The van der Waals surface area contributed by atoms with Gasteiger partial charge in [0, 0.05) is 12.2 Å². The monoisotopic (exact) mass is 196 g/mol. The molecule has 1 aromatic heterocycles. The summed E-state index contributed by atoms with van der Waals surface area (Å²) >= 11 is 5.93. The molecular weight excluding hydrogens is 184 g/mol. The number of nitrogens with zero attached hydrogens (tertiary/aromatic N) is 1. The summed E-state index contributed by atoms with van der Waals surface area (Å²) in [5.41, 5.74) is 6.66. The van der Waals surface area contributed by atoms with Gasteiger partial charge >= 0.3 is 0 Å². The fraction of sp³-hybridized carbons (Fsp3) is 0.300. The molecule has 1 unspecified atom stereocenters. The van der Waals surface area contributed by atoms with Crippen molar-refractivity contribution in [2.75, 3.05) is 0 Å². The van der Waals surface area contributed by atoms with Crippen LogP contribution in [0.3, 0.4) is 0 Å². The average molecular weight is 197 g/mol. The van der Waals surface area contributed by atoms with E-state index in [-0.39, 0.29) is 6.04 Å². The van der Waals surface area contributed by atoms with Gasteiger partial charge in [0.15, 0.2) is 0 Å². The minimum absolute atomic E-state index is 0.0910. The number of allylic oxidation sites excluding steroid dienone is 1. The molecule has 13 heavy (non-hydrogen) atoms. The third-order valence-electron chi connectivity index (χ3n) is 1.82. The average Bonchev–Trinajstić information content (AvgIpc) is 2.15. The molecule has 0 aromatic carbocycles. The quantitative estimate of drug-likeness (QED) is 0.753. The van der Waals surface area contributed by atoms with Gasteiger partial charge in [0.25, 0.3) is 0 Å². The van der Waals surface area contributed by atoms with Crippen LogP contribution in [0.5, 0.6) is 0 Å². The number of pyridine rings is 1. The predicted molar refractivity (Wildman–Crippen MR) is 55.6 cm³/mol. The molecule has 0 amide bonds. The summed E-state index contributed by atoms with van der Waals surface area (Å²) in [4.78, 5) is 4.14. The SMILES string of the molecule is C=CCCC(N)c1ncccc1Cl. The van der Waals surface area contributed by atoms with Crippen LogP contribution in [0.15, 0.2) is 31.0 Å². The van der Waals surface area contributed by atoms with Crippen molar-refractivity contribution in [2.24, 2.45) is 5.73 Å². The Balaban J connectivity index is 2.70. The van der Waals surface area contributed by atoms with Crippen LogP contribution >= 0.6 is 11.6 Å². The molecule has 0 spiro atoms. The minimum atomic E-state index is -0.0910. The largest absolute Gasteiger partial charge is 0.323 e. The van der Waals surface area contributed by atoms with E-state index >= 15 is 0 Å². The number of hydrogen-bond donors (Lipinski definition) is 1. The first-order valence-corrected chi connectivity index (χ1v) is 4.60. The molecule has 1 rings (SSSR count). The maximum Gasteiger partial charge on any atom is 0.0756 e. The molecule has 0 aliphatic rings. The zero-order valence-corrected chi connectivity index (χ0v) is 8.17. The molecule has 0 radical (unpaired) electrons. The van der Waals surface area contributed by atoms with Gasteiger partial charge in [-0.3, -0.25) is 4.98 Å². The summed E-state index contributed by atoms with van der Waals surface area (Å²) in [6.45, 7) is 3.64. The molecule has 0 bridgehead atoms. The molecule has 1 aromatic rings. The van der Waals surface area contributed by atoms with Crippen molar-refractivity contribution >= 4 is 11.6 Å². The molecule has 0 saturated carbocycles. The molecule has 0 fully saturated rings. The highest BCUT2D eigenvalue weighted by molar-refractivity contribution is 6.31. The summed E-state index contributed by atoms with van der Waals surface area (Å²) < 4.78 is 0. The lowest BCUT2D eigenvalue weighted by molar-refractivity contribution is 0.642. The molecular formula is C10H13ClN2. The number of halogens is 1. The van der Waals surface area contributed by atoms with Gasteiger partial charge in [0.05, 0.1) is 10.7 Å². The van der Waals surface area contributed by atoms with Gasteiger partial charge in [-0.2, -0.15) is 0 Å². The van der Waals surface area contributed by atoms with Crippen LogP contribution in [0.4, 0.5) is 0 Å². The van der Waals surface area contributed by atoms with Crippen molar-refractivity contribution in [2.45, 2.75) is 18.9 Å². The molecule has 2 nitrogen and oxygen atoms in total. The second kappa shape index (κ2) is 5.00. The smallest absolute Gasteiger partial charge is 0.0756 e. The Kier molecular flexibility index (Phi) is 3.93. The molecule has 2 N–H and O–H groups in total. The van der Waals surface area contributed by atoms with Gasteiger partial charge in [0.2, 0.25) is 0 Å². The summed E-state index contributed by atoms with van der Waals surface area (Å²) in [6.07, 6.45) is 5.26. The van der Waals surface area contributed by atoms with Gasteiger partial charge in [-0.15, -0.1) is 6.58 Å². The standard InChI is InChI=1S/C10H13ClN2/c1-2-3-6-9(12)10-8(11)5-4-7-13-10/h2,4-5,7,9H,1,3,6,12H2. The lowest BCUT2D eigenvalue weighted by Crippen LogP contribution is -2.12. The van der Waals surface area contributed by atoms with Crippen LogP contribution in [0.1, 0.15) is 24.6 Å². The Labute approximate surface area is 83.4 Å². The predicted octanol–water partition coefficient (Wildman–Crippen LogP) is 2.70. The topological polar surface area (TPSA) is 38.9 Å². The highest BCUT2D eigenvalue weighted by Gasteiger charge is 2.09. The van der Waals surface area contributed by atoms with Crippen molar-refractivity contribution in [3.05, 3.63) is 41.7 Å². The first-order valence-electron chi connectivity index (χ1n) is 4.22. The van der Waals surface area contributed by atoms with Crippen molar-refractivity contribution in [1.82, 2.24) is 4.98 Å². The summed E-state index contributed by atoms with van der Waals surface area (Å²) in [7, 11) is 0. The molecule has 1 heterocycles. The van der Waals surface area contributed by atoms with E-state index in [0.29, 0.717) is 5.02 Å². The van der Waals surface area contributed by atoms with E-state index < -0.39 is 0 Å². The van der Waals surface area contributed by atoms with E-state index in [1.54, 1.807) is 18.3 Å². The summed E-state index contributed by atoms with van der Waals surface area (Å²) in [6, 6.07) is 3.51. The number of rotatable bonds is 4. The van der Waals surface area contributed by atoms with Crippen LogP contribution in [0.2, 0.25) is 5.02 Å². The van der Waals surface area contributed by atoms with Gasteiger partial charge in [-0.1, -0.05) is 17.7 Å². The number of nitrogens with two attached hydrogens (primary N) is 1. The fourth-order valence-corrected chi connectivity index (χ4v) is 1.37. The molecule has 0 aliphatic carbocycles. The highest BCUT2D eigenvalue weighted by Crippen LogP contribution is 2.21. The first kappa shape index (κ1) is 10.2. The van der Waals surface area contributed by atoms with Crippen LogP contribution in [0.25, 0.3) is 0 Å². The van der Waals surface area contributed by atoms with E-state index in [0.717, 1.165) is 18.5 Å². The zero-order chi connectivity index (χ0) is 9.68. The van der Waals surface area contributed by atoms with Gasteiger partial charge < -0.3 is 5.73 Å². The van der Waals surface area contributed by atoms with E-state index in [2.05, 4.69) is 11.6 Å². The third-order valence-corrected chi connectivity index (χ3v) is 2.14. The van der Waals surface area contributed by atoms with Crippen molar-refractivity contribution < 1.29 is 0 Å². The van der Waals surface area contributed by atoms with E-state index in [4.69, 9.17) is 17.3 Å². The van der Waals surface area contributed by atoms with E-state index in [1.807, 2.05) is 6.08 Å². The summed E-state index contributed by atoms with van der Waals surface area (Å²) in [5, 5.41) is 0.638. The zero-order valence-electron chi connectivity index (χ0n) is 7.41. The van der Waals surface area contributed by atoms with Crippen molar-refractivity contribution in [3.8, 4) is 0 Å². The normalized spacial score (nSPS) is 12.5. The summed E-state index contributed by atoms with van der Waals surface area (Å²) in [5.74, 6) is 0. The lowest BCUT2D eigenvalue weighted by atomic mass is 10.1. The molecule has 1 atom stereocenters. The fourth-order valence-electron chi connectivity index (χ4n) is 1.10. The van der Waals surface area contributed by atoms with Gasteiger partial charge in [-0.25, -0.2) is 0 Å². The highest BCUT2D eigenvalue weighted by atomic mass is 35.5. The second-order valence-corrected chi connectivity index (χ2v) is 3.25. The molecule has 70 valence electrons. The Morgan fingerprint density at radius 1 is 1.69 bits per heavy atom. The van der Waals surface area contributed by atoms with Crippen molar-refractivity contribution in [3.63, 3.8) is 0 Å². The van der Waals surface area contributed by atoms with Crippen LogP contribution in [-0.4, -0.2) is 4.98 Å². The van der Waals surface area contributed by atoms with E-state index in [1.165, 1.54) is 0 Å². The Morgan fingerprint density at radius 3 is 3.08 bits per heavy atom. The van der Waals surface area contributed by atoms with E-state index in [9.17, 15) is 0 Å². The van der Waals surface area contributed by atoms with Crippen LogP contribution in [-0.2, 0) is 0 Å². The first-order chi connectivity index (χ1) is 6.25. The molecule has 3 heteroatoms. The Morgan fingerprint density at radius 2 is 2.46 bits per heavy atom. The maximum absolute atomic E-state index is 5.93. The van der Waals surface area contributed by atoms with Gasteiger partial charge in [0.1, 0.15) is 0 Å². The second-order valence-electron chi connectivity index (χ2n) is 2.84. The molecule has 0 aliphatic heterocycles. The minimum Gasteiger partial charge on any atom is -0.323 e. The maximum atomic E-state index is 5.93. The Hall–Kier alpha value is -0.860. The lowest BCUT2D eigenvalue weighted by Gasteiger charge is -2.10. The van der Waals surface area contributed by atoms with Crippen LogP contribution in [0, 0.1) is 0 Å². The Bertz CT molecular complexity index is 286. The van der Waals surface area contributed by atoms with Crippen molar-refractivity contribution in [1.29, 1.82) is 0 Å². The van der Waals surface area contributed by atoms with Gasteiger partial charge in [-0.05, 0) is 25.0 Å². The molecule has 0 saturated heterocycles. The van der Waals surface area contributed by atoms with Crippen LogP contribution < -0.4 is 5.73 Å². The number of aromatic nitrogens is 1.